The van der Waals surface area contributed by atoms with Crippen molar-refractivity contribution in [2.45, 2.75) is 57.2 Å². The molecular formula is C25H29FN4O2. The van der Waals surface area contributed by atoms with E-state index in [0.717, 1.165) is 61.8 Å². The lowest BCUT2D eigenvalue weighted by Gasteiger charge is -2.40. The molecule has 1 amide bonds. The van der Waals surface area contributed by atoms with E-state index in [2.05, 4.69) is 4.90 Å². The summed E-state index contributed by atoms with van der Waals surface area (Å²) in [6, 6.07) is 12.4. The topological polar surface area (TPSA) is 73.3 Å². The van der Waals surface area contributed by atoms with Crippen LogP contribution >= 0.6 is 0 Å². The molecule has 2 aromatic carbocycles. The van der Waals surface area contributed by atoms with E-state index in [0.29, 0.717) is 0 Å². The van der Waals surface area contributed by atoms with Gasteiger partial charge < -0.3 is 5.73 Å². The summed E-state index contributed by atoms with van der Waals surface area (Å²) >= 11 is 0. The Bertz CT molecular complexity index is 1220. The van der Waals surface area contributed by atoms with Crippen LogP contribution in [-0.2, 0) is 11.2 Å². The smallest absolute Gasteiger partial charge is 0.330 e. The minimum atomic E-state index is -0.706. The van der Waals surface area contributed by atoms with E-state index in [4.69, 9.17) is 5.73 Å². The zero-order chi connectivity index (χ0) is 22.4. The summed E-state index contributed by atoms with van der Waals surface area (Å²) in [7, 11) is 0. The lowest BCUT2D eigenvalue weighted by atomic mass is 9.85. The average molecular weight is 437 g/mol. The van der Waals surface area contributed by atoms with Gasteiger partial charge >= 0.3 is 5.69 Å². The van der Waals surface area contributed by atoms with Crippen LogP contribution in [-0.4, -0.2) is 33.0 Å². The second-order valence-electron chi connectivity index (χ2n) is 9.11. The van der Waals surface area contributed by atoms with E-state index in [-0.39, 0.29) is 23.6 Å². The molecule has 1 aliphatic carbocycles. The highest BCUT2D eigenvalue weighted by atomic mass is 19.1. The number of aryl methyl sites for hydroxylation is 1. The van der Waals surface area contributed by atoms with Crippen LogP contribution < -0.4 is 11.4 Å². The molecule has 2 atom stereocenters. The number of fused-ring (bicyclic) bond motifs is 2. The molecule has 2 aliphatic rings. The Kier molecular flexibility index (Phi) is 5.37. The summed E-state index contributed by atoms with van der Waals surface area (Å²) in [4.78, 5) is 27.7. The van der Waals surface area contributed by atoms with Crippen LogP contribution in [0.2, 0.25) is 0 Å². The number of hydrogen-bond donors (Lipinski definition) is 1. The Labute approximate surface area is 186 Å². The summed E-state index contributed by atoms with van der Waals surface area (Å²) in [5.41, 5.74) is 9.30. The van der Waals surface area contributed by atoms with E-state index in [1.807, 2.05) is 34.9 Å². The number of likely N-dealkylation sites (tertiary alicyclic amines) is 1. The number of aromatic nitrogens is 2. The molecule has 2 heterocycles. The molecule has 32 heavy (non-hydrogen) atoms. The number of hydrogen-bond acceptors (Lipinski definition) is 3. The van der Waals surface area contributed by atoms with E-state index in [1.54, 1.807) is 19.1 Å². The number of halogens is 1. The monoisotopic (exact) mass is 436 g/mol. The van der Waals surface area contributed by atoms with Crippen LogP contribution in [0, 0.1) is 5.82 Å². The predicted molar refractivity (Wildman–Crippen MR) is 122 cm³/mol. The number of primary amides is 1. The number of nitrogens with two attached hydrogens (primary N) is 1. The van der Waals surface area contributed by atoms with Crippen molar-refractivity contribution >= 4 is 16.9 Å². The Hall–Kier alpha value is -2.93. The number of para-hydroxylation sites is 2. The zero-order valence-electron chi connectivity index (χ0n) is 18.3. The molecule has 168 valence electrons. The van der Waals surface area contributed by atoms with E-state index >= 15 is 0 Å². The van der Waals surface area contributed by atoms with E-state index in [1.165, 1.54) is 10.1 Å². The Morgan fingerprint density at radius 3 is 2.53 bits per heavy atom. The molecule has 2 N–H and O–H groups in total. The van der Waals surface area contributed by atoms with Crippen molar-refractivity contribution in [2.24, 2.45) is 5.73 Å². The number of piperidine rings is 1. The van der Waals surface area contributed by atoms with Gasteiger partial charge in [0.05, 0.1) is 11.0 Å². The molecule has 1 aliphatic heterocycles. The van der Waals surface area contributed by atoms with Gasteiger partial charge in [-0.15, -0.1) is 0 Å². The van der Waals surface area contributed by atoms with Gasteiger partial charge in [0.25, 0.3) is 0 Å². The number of rotatable bonds is 4. The van der Waals surface area contributed by atoms with Gasteiger partial charge in [-0.3, -0.25) is 18.8 Å². The van der Waals surface area contributed by atoms with Crippen molar-refractivity contribution in [1.29, 1.82) is 0 Å². The number of nitrogens with zero attached hydrogens (tertiary/aromatic N) is 3. The Morgan fingerprint density at radius 1 is 1.09 bits per heavy atom. The maximum Gasteiger partial charge on any atom is 0.330 e. The standard InChI is InChI=1S/C25H29FN4O2/c1-16(24(27)31)29-22-6-2-3-7-23(22)30(25(29)32)19-11-13-28(14-12-19)21-8-4-5-17-9-10-18(26)15-20(17)21/h2-3,6-7,9-10,15-16,19,21H,4-5,8,11-14H2,1H3,(H2,27,31). The Balaban J connectivity index is 1.43. The van der Waals surface area contributed by atoms with Gasteiger partial charge in [-0.2, -0.15) is 0 Å². The highest BCUT2D eigenvalue weighted by Crippen LogP contribution is 2.38. The van der Waals surface area contributed by atoms with E-state index in [9.17, 15) is 14.0 Å². The van der Waals surface area contributed by atoms with Gasteiger partial charge in [-0.25, -0.2) is 9.18 Å². The van der Waals surface area contributed by atoms with Crippen LogP contribution in [0.3, 0.4) is 0 Å². The maximum absolute atomic E-state index is 13.9. The molecule has 2 unspecified atom stereocenters. The number of carbonyl (C=O) groups excluding carboxylic acids is 1. The van der Waals surface area contributed by atoms with Gasteiger partial charge in [0.15, 0.2) is 0 Å². The summed E-state index contributed by atoms with van der Waals surface area (Å²) in [5.74, 6) is -0.693. The molecule has 3 aromatic rings. The van der Waals surface area contributed by atoms with Gasteiger partial charge in [0.1, 0.15) is 11.9 Å². The number of carbonyl (C=O) groups is 1. The molecule has 1 saturated heterocycles. The zero-order valence-corrected chi connectivity index (χ0v) is 18.3. The van der Waals surface area contributed by atoms with Crippen molar-refractivity contribution in [3.63, 3.8) is 0 Å². The molecule has 5 rings (SSSR count). The lowest BCUT2D eigenvalue weighted by molar-refractivity contribution is -0.120. The van der Waals surface area contributed by atoms with Crippen LogP contribution in [0.4, 0.5) is 4.39 Å². The highest BCUT2D eigenvalue weighted by molar-refractivity contribution is 5.82. The summed E-state index contributed by atoms with van der Waals surface area (Å²) in [6.07, 6.45) is 4.83. The molecule has 7 heteroatoms. The molecule has 6 nitrogen and oxygen atoms in total. The highest BCUT2D eigenvalue weighted by Gasteiger charge is 2.32. The van der Waals surface area contributed by atoms with Gasteiger partial charge in [-0.05, 0) is 74.4 Å². The Morgan fingerprint density at radius 2 is 1.81 bits per heavy atom. The van der Waals surface area contributed by atoms with Gasteiger partial charge in [-0.1, -0.05) is 18.2 Å². The van der Waals surface area contributed by atoms with Crippen LogP contribution in [0.25, 0.3) is 11.0 Å². The third kappa shape index (κ3) is 3.45. The predicted octanol–water partition coefficient (Wildman–Crippen LogP) is 3.70. The minimum absolute atomic E-state index is 0.0561. The van der Waals surface area contributed by atoms with Crippen LogP contribution in [0.5, 0.6) is 0 Å². The summed E-state index contributed by atoms with van der Waals surface area (Å²) in [5, 5.41) is 0. The van der Waals surface area contributed by atoms with Crippen LogP contribution in [0.1, 0.15) is 61.9 Å². The van der Waals surface area contributed by atoms with Crippen molar-refractivity contribution in [1.82, 2.24) is 14.0 Å². The van der Waals surface area contributed by atoms with Crippen molar-refractivity contribution < 1.29 is 9.18 Å². The molecule has 0 bridgehead atoms. The van der Waals surface area contributed by atoms with Crippen LogP contribution in [0.15, 0.2) is 47.3 Å². The second kappa shape index (κ2) is 8.20. The first-order valence-electron chi connectivity index (χ1n) is 11.5. The van der Waals surface area contributed by atoms with Crippen molar-refractivity contribution in [3.05, 3.63) is 69.9 Å². The first-order valence-corrected chi connectivity index (χ1v) is 11.5. The van der Waals surface area contributed by atoms with Crippen molar-refractivity contribution in [3.8, 4) is 0 Å². The second-order valence-corrected chi connectivity index (χ2v) is 9.11. The summed E-state index contributed by atoms with van der Waals surface area (Å²) < 4.78 is 17.3. The fourth-order valence-electron chi connectivity index (χ4n) is 5.63. The summed E-state index contributed by atoms with van der Waals surface area (Å²) in [6.45, 7) is 3.37. The fourth-order valence-corrected chi connectivity index (χ4v) is 5.63. The average Bonchev–Trinajstić information content (AvgIpc) is 3.09. The van der Waals surface area contributed by atoms with Crippen molar-refractivity contribution in [2.75, 3.05) is 13.1 Å². The number of benzene rings is 2. The normalized spacial score (nSPS) is 20.9. The molecule has 0 spiro atoms. The SMILES string of the molecule is CC(C(N)=O)n1c(=O)n(C2CCN(C3CCCc4ccc(F)cc43)CC2)c2ccccc21. The largest absolute Gasteiger partial charge is 0.368 e. The minimum Gasteiger partial charge on any atom is -0.368 e. The van der Waals surface area contributed by atoms with E-state index < -0.39 is 11.9 Å². The van der Waals surface area contributed by atoms with Gasteiger partial charge in [0, 0.05) is 25.2 Å². The third-order valence-corrected chi connectivity index (χ3v) is 7.31. The molecule has 1 fully saturated rings. The fraction of sp³-hybridized carbons (Fsp3) is 0.440. The number of imidazole rings is 1. The maximum atomic E-state index is 13.9. The van der Waals surface area contributed by atoms with Gasteiger partial charge in [0.2, 0.25) is 5.91 Å². The molecular weight excluding hydrogens is 407 g/mol. The molecule has 1 aromatic heterocycles. The first-order chi connectivity index (χ1) is 15.5. The first kappa shape index (κ1) is 20.9. The lowest BCUT2D eigenvalue weighted by Crippen LogP contribution is -2.41. The number of amides is 1. The quantitative estimate of drug-likeness (QED) is 0.678. The third-order valence-electron chi connectivity index (χ3n) is 7.31. The molecule has 0 saturated carbocycles. The molecule has 0 radical (unpaired) electrons.